The average molecular weight is 300 g/mol. The summed E-state index contributed by atoms with van der Waals surface area (Å²) in [5, 5.41) is 4.12. The Morgan fingerprint density at radius 1 is 1.35 bits per heavy atom. The van der Waals surface area contributed by atoms with Crippen molar-refractivity contribution in [2.45, 2.75) is 63.1 Å². The maximum absolute atomic E-state index is 12.7. The summed E-state index contributed by atoms with van der Waals surface area (Å²) in [5.41, 5.74) is 5.45. The fourth-order valence-electron chi connectivity index (χ4n) is 2.85. The Morgan fingerprint density at radius 2 is 2.00 bits per heavy atom. The van der Waals surface area contributed by atoms with E-state index in [1.165, 1.54) is 6.20 Å². The molecule has 1 aliphatic heterocycles. The summed E-state index contributed by atoms with van der Waals surface area (Å²) in [4.78, 5) is 0.287. The second kappa shape index (κ2) is 6.24. The van der Waals surface area contributed by atoms with Gasteiger partial charge in [0, 0.05) is 24.8 Å². The Bertz CT molecular complexity index is 530. The highest BCUT2D eigenvalue weighted by molar-refractivity contribution is 7.89. The molecule has 0 spiro atoms. The van der Waals surface area contributed by atoms with Gasteiger partial charge in [-0.05, 0) is 39.7 Å². The summed E-state index contributed by atoms with van der Waals surface area (Å²) in [6, 6.07) is 0.104. The SMILES string of the molecule is C[C@@H]1CCC[C@H](C)N1S(=O)(=O)c1cnn(CCCN)c1. The van der Waals surface area contributed by atoms with E-state index in [0.29, 0.717) is 13.1 Å². The smallest absolute Gasteiger partial charge is 0.246 e. The minimum Gasteiger partial charge on any atom is -0.330 e. The van der Waals surface area contributed by atoms with Crippen LogP contribution in [0.2, 0.25) is 0 Å². The van der Waals surface area contributed by atoms with Crippen LogP contribution in [-0.4, -0.2) is 41.1 Å². The van der Waals surface area contributed by atoms with Gasteiger partial charge in [0.2, 0.25) is 10.0 Å². The van der Waals surface area contributed by atoms with Gasteiger partial charge in [-0.25, -0.2) is 8.42 Å². The fraction of sp³-hybridized carbons (Fsp3) is 0.769. The van der Waals surface area contributed by atoms with E-state index in [1.54, 1.807) is 15.2 Å². The minimum atomic E-state index is -3.45. The number of rotatable bonds is 5. The lowest BCUT2D eigenvalue weighted by Crippen LogP contribution is -2.47. The molecule has 0 aliphatic carbocycles. The van der Waals surface area contributed by atoms with Gasteiger partial charge in [-0.2, -0.15) is 9.40 Å². The minimum absolute atomic E-state index is 0.0520. The zero-order valence-electron chi connectivity index (χ0n) is 12.2. The van der Waals surface area contributed by atoms with Crippen molar-refractivity contribution >= 4 is 10.0 Å². The van der Waals surface area contributed by atoms with Gasteiger partial charge < -0.3 is 5.73 Å². The van der Waals surface area contributed by atoms with Crippen LogP contribution in [0.25, 0.3) is 0 Å². The monoisotopic (exact) mass is 300 g/mol. The lowest BCUT2D eigenvalue weighted by Gasteiger charge is -2.37. The fourth-order valence-corrected chi connectivity index (χ4v) is 4.68. The van der Waals surface area contributed by atoms with Crippen molar-refractivity contribution in [2.75, 3.05) is 6.54 Å². The van der Waals surface area contributed by atoms with Crippen LogP contribution in [0.5, 0.6) is 0 Å². The third-order valence-corrected chi connectivity index (χ3v) is 5.97. The number of sulfonamides is 1. The van der Waals surface area contributed by atoms with E-state index in [1.807, 2.05) is 13.8 Å². The van der Waals surface area contributed by atoms with Crippen molar-refractivity contribution in [2.24, 2.45) is 5.73 Å². The van der Waals surface area contributed by atoms with Crippen LogP contribution in [0.4, 0.5) is 0 Å². The van der Waals surface area contributed by atoms with E-state index < -0.39 is 10.0 Å². The average Bonchev–Trinajstić information content (AvgIpc) is 2.85. The molecule has 2 rings (SSSR count). The van der Waals surface area contributed by atoms with Crippen molar-refractivity contribution in [3.63, 3.8) is 0 Å². The van der Waals surface area contributed by atoms with Crippen LogP contribution in [0.1, 0.15) is 39.5 Å². The summed E-state index contributed by atoms with van der Waals surface area (Å²) >= 11 is 0. The highest BCUT2D eigenvalue weighted by Crippen LogP contribution is 2.29. The zero-order valence-corrected chi connectivity index (χ0v) is 13.0. The molecule has 114 valence electrons. The normalized spacial score (nSPS) is 24.9. The predicted molar refractivity (Wildman–Crippen MR) is 77.7 cm³/mol. The van der Waals surface area contributed by atoms with E-state index in [2.05, 4.69) is 5.10 Å². The first-order valence-electron chi connectivity index (χ1n) is 7.23. The maximum atomic E-state index is 12.7. The molecular weight excluding hydrogens is 276 g/mol. The molecule has 6 nitrogen and oxygen atoms in total. The molecule has 1 aromatic rings. The Kier molecular flexibility index (Phi) is 4.82. The highest BCUT2D eigenvalue weighted by atomic mass is 32.2. The van der Waals surface area contributed by atoms with E-state index in [-0.39, 0.29) is 17.0 Å². The molecular formula is C13H24N4O2S. The highest BCUT2D eigenvalue weighted by Gasteiger charge is 2.36. The molecule has 20 heavy (non-hydrogen) atoms. The lowest BCUT2D eigenvalue weighted by atomic mass is 10.0. The van der Waals surface area contributed by atoms with Crippen molar-refractivity contribution in [1.82, 2.24) is 14.1 Å². The summed E-state index contributed by atoms with van der Waals surface area (Å²) in [5.74, 6) is 0. The number of hydrogen-bond acceptors (Lipinski definition) is 4. The van der Waals surface area contributed by atoms with Crippen molar-refractivity contribution in [1.29, 1.82) is 0 Å². The van der Waals surface area contributed by atoms with Crippen LogP contribution in [0.3, 0.4) is 0 Å². The molecule has 2 heterocycles. The maximum Gasteiger partial charge on any atom is 0.246 e. The lowest BCUT2D eigenvalue weighted by molar-refractivity contribution is 0.204. The first-order chi connectivity index (χ1) is 9.46. The van der Waals surface area contributed by atoms with Gasteiger partial charge in [0.1, 0.15) is 4.90 Å². The van der Waals surface area contributed by atoms with Crippen LogP contribution in [0.15, 0.2) is 17.3 Å². The summed E-state index contributed by atoms with van der Waals surface area (Å²) in [6.45, 7) is 5.18. The number of aromatic nitrogens is 2. The molecule has 0 unspecified atom stereocenters. The van der Waals surface area contributed by atoms with Gasteiger partial charge in [0.25, 0.3) is 0 Å². The van der Waals surface area contributed by atoms with E-state index in [4.69, 9.17) is 5.73 Å². The molecule has 7 heteroatoms. The molecule has 2 N–H and O–H groups in total. The Balaban J connectivity index is 2.22. The molecule has 1 saturated heterocycles. The molecule has 1 aromatic heterocycles. The van der Waals surface area contributed by atoms with Crippen LogP contribution in [0, 0.1) is 0 Å². The zero-order chi connectivity index (χ0) is 14.8. The molecule has 1 fully saturated rings. The number of piperidine rings is 1. The second-order valence-electron chi connectivity index (χ2n) is 5.55. The van der Waals surface area contributed by atoms with Crippen molar-refractivity contribution in [3.05, 3.63) is 12.4 Å². The largest absolute Gasteiger partial charge is 0.330 e. The molecule has 0 radical (unpaired) electrons. The van der Waals surface area contributed by atoms with E-state index in [9.17, 15) is 8.42 Å². The molecule has 0 amide bonds. The molecule has 1 aliphatic rings. The number of aryl methyl sites for hydroxylation is 1. The predicted octanol–water partition coefficient (Wildman–Crippen LogP) is 1.18. The summed E-state index contributed by atoms with van der Waals surface area (Å²) in [6.07, 6.45) is 6.77. The van der Waals surface area contributed by atoms with E-state index in [0.717, 1.165) is 25.7 Å². The van der Waals surface area contributed by atoms with Crippen molar-refractivity contribution < 1.29 is 8.42 Å². The third-order valence-electron chi connectivity index (χ3n) is 3.89. The van der Waals surface area contributed by atoms with Gasteiger partial charge in [-0.3, -0.25) is 4.68 Å². The number of hydrogen-bond donors (Lipinski definition) is 1. The quantitative estimate of drug-likeness (QED) is 0.885. The molecule has 0 aromatic carbocycles. The van der Waals surface area contributed by atoms with Crippen LogP contribution in [-0.2, 0) is 16.6 Å². The molecule has 0 bridgehead atoms. The van der Waals surface area contributed by atoms with Crippen LogP contribution < -0.4 is 5.73 Å². The first kappa shape index (κ1) is 15.5. The van der Waals surface area contributed by atoms with Crippen molar-refractivity contribution in [3.8, 4) is 0 Å². The van der Waals surface area contributed by atoms with Crippen LogP contribution >= 0.6 is 0 Å². The second-order valence-corrected chi connectivity index (χ2v) is 7.39. The van der Waals surface area contributed by atoms with Gasteiger partial charge in [-0.15, -0.1) is 0 Å². The molecule has 2 atom stereocenters. The topological polar surface area (TPSA) is 81.2 Å². The Hall–Kier alpha value is -0.920. The van der Waals surface area contributed by atoms with Gasteiger partial charge in [0.05, 0.1) is 6.20 Å². The third kappa shape index (κ3) is 3.05. The Morgan fingerprint density at radius 3 is 2.60 bits per heavy atom. The number of nitrogens with zero attached hydrogens (tertiary/aromatic N) is 3. The first-order valence-corrected chi connectivity index (χ1v) is 8.67. The van der Waals surface area contributed by atoms with Gasteiger partial charge in [0.15, 0.2) is 0 Å². The van der Waals surface area contributed by atoms with Gasteiger partial charge in [-0.1, -0.05) is 6.42 Å². The molecule has 0 saturated carbocycles. The summed E-state index contributed by atoms with van der Waals surface area (Å²) in [7, 11) is -3.45. The standard InChI is InChI=1S/C13H24N4O2S/c1-11-5-3-6-12(2)17(11)20(18,19)13-9-15-16(10-13)8-4-7-14/h9-12H,3-8,14H2,1-2H3/t11-,12+. The van der Waals surface area contributed by atoms with Gasteiger partial charge >= 0.3 is 0 Å². The number of nitrogens with two attached hydrogens (primary N) is 1. The Labute approximate surface area is 121 Å². The van der Waals surface area contributed by atoms with E-state index >= 15 is 0 Å². The summed E-state index contributed by atoms with van der Waals surface area (Å²) < 4.78 is 28.8.